The summed E-state index contributed by atoms with van der Waals surface area (Å²) >= 11 is 0. The Morgan fingerprint density at radius 3 is 1.96 bits per heavy atom. The van der Waals surface area contributed by atoms with E-state index in [4.69, 9.17) is 4.98 Å². The highest BCUT2D eigenvalue weighted by Crippen LogP contribution is 2.42. The van der Waals surface area contributed by atoms with Crippen molar-refractivity contribution in [2.75, 3.05) is 0 Å². The van der Waals surface area contributed by atoms with Gasteiger partial charge in [-0.3, -0.25) is 4.40 Å². The van der Waals surface area contributed by atoms with Gasteiger partial charge in [0.25, 0.3) is 0 Å². The van der Waals surface area contributed by atoms with Gasteiger partial charge in [-0.2, -0.15) is 0 Å². The smallest absolute Gasteiger partial charge is 0.137 e. The molecule has 3 aromatic heterocycles. The summed E-state index contributed by atoms with van der Waals surface area (Å²) in [5, 5.41) is 10.4. The molecule has 0 atom stereocenters. The Kier molecular flexibility index (Phi) is 2.28. The minimum atomic E-state index is 1.00. The molecule has 7 aromatic rings. The van der Waals surface area contributed by atoms with Crippen molar-refractivity contribution >= 4 is 59.8 Å². The third kappa shape index (κ3) is 1.55. The van der Waals surface area contributed by atoms with Crippen LogP contribution in [0.25, 0.3) is 59.8 Å². The van der Waals surface area contributed by atoms with Crippen LogP contribution in [-0.2, 0) is 0 Å². The predicted octanol–water partition coefficient (Wildman–Crippen LogP) is 6.54. The third-order valence-electron chi connectivity index (χ3n) is 5.91. The molecule has 0 saturated heterocycles. The SMILES string of the molecule is c1ccc2c(c1)cc1cc3ccccc3c3c1c2c1cccc2ncc3n21. The Morgan fingerprint density at radius 1 is 0.556 bits per heavy atom. The summed E-state index contributed by atoms with van der Waals surface area (Å²) in [5.41, 5.74) is 3.41. The fourth-order valence-electron chi connectivity index (χ4n) is 4.85. The molecule has 0 aliphatic rings. The first kappa shape index (κ1) is 13.5. The zero-order valence-corrected chi connectivity index (χ0v) is 14.5. The Labute approximate surface area is 154 Å². The van der Waals surface area contributed by atoms with Gasteiger partial charge in [0.2, 0.25) is 0 Å². The maximum Gasteiger partial charge on any atom is 0.137 e. The minimum absolute atomic E-state index is 1.00. The van der Waals surface area contributed by atoms with Crippen LogP contribution in [0.15, 0.2) is 85.1 Å². The summed E-state index contributed by atoms with van der Waals surface area (Å²) in [6.45, 7) is 0. The van der Waals surface area contributed by atoms with E-state index in [1.165, 1.54) is 54.1 Å². The van der Waals surface area contributed by atoms with Gasteiger partial charge in [-0.25, -0.2) is 4.98 Å². The van der Waals surface area contributed by atoms with Crippen molar-refractivity contribution in [2.45, 2.75) is 0 Å². The van der Waals surface area contributed by atoms with E-state index in [1.807, 2.05) is 6.20 Å². The first-order chi connectivity index (χ1) is 13.4. The monoisotopic (exact) mass is 342 g/mol. The summed E-state index contributed by atoms with van der Waals surface area (Å²) in [6.07, 6.45) is 2.03. The van der Waals surface area contributed by atoms with E-state index in [1.54, 1.807) is 0 Å². The van der Waals surface area contributed by atoms with Crippen LogP contribution < -0.4 is 0 Å². The van der Waals surface area contributed by atoms with Crippen molar-refractivity contribution in [2.24, 2.45) is 0 Å². The summed E-state index contributed by atoms with van der Waals surface area (Å²) < 4.78 is 2.32. The lowest BCUT2D eigenvalue weighted by atomic mass is 9.91. The molecular weight excluding hydrogens is 328 g/mol. The summed E-state index contributed by atoms with van der Waals surface area (Å²) in [7, 11) is 0. The van der Waals surface area contributed by atoms with Crippen LogP contribution in [0.3, 0.4) is 0 Å². The van der Waals surface area contributed by atoms with Crippen LogP contribution in [0, 0.1) is 0 Å². The van der Waals surface area contributed by atoms with Gasteiger partial charge in [0.05, 0.1) is 17.2 Å². The molecule has 4 aromatic carbocycles. The molecule has 0 amide bonds. The molecule has 0 aliphatic carbocycles. The summed E-state index contributed by atoms with van der Waals surface area (Å²) in [6, 6.07) is 28.5. The molecule has 0 aliphatic heterocycles. The van der Waals surface area contributed by atoms with Crippen molar-refractivity contribution in [3.05, 3.63) is 85.1 Å². The van der Waals surface area contributed by atoms with Gasteiger partial charge < -0.3 is 0 Å². The zero-order chi connectivity index (χ0) is 17.5. The predicted molar refractivity (Wildman–Crippen MR) is 114 cm³/mol. The van der Waals surface area contributed by atoms with Gasteiger partial charge in [0.15, 0.2) is 0 Å². The second-order valence-electron chi connectivity index (χ2n) is 7.29. The van der Waals surface area contributed by atoms with Crippen LogP contribution >= 0.6 is 0 Å². The number of benzene rings is 4. The van der Waals surface area contributed by atoms with E-state index in [9.17, 15) is 0 Å². The van der Waals surface area contributed by atoms with E-state index in [0.29, 0.717) is 0 Å². The fourth-order valence-corrected chi connectivity index (χ4v) is 4.85. The maximum absolute atomic E-state index is 4.71. The molecule has 0 bridgehead atoms. The van der Waals surface area contributed by atoms with Crippen LogP contribution in [0.4, 0.5) is 0 Å². The van der Waals surface area contributed by atoms with E-state index in [2.05, 4.69) is 83.3 Å². The molecule has 3 heterocycles. The van der Waals surface area contributed by atoms with Crippen LogP contribution in [-0.4, -0.2) is 9.38 Å². The Balaban J connectivity index is 2.01. The van der Waals surface area contributed by atoms with Gasteiger partial charge in [0.1, 0.15) is 5.65 Å². The number of nitrogens with zero attached hydrogens (tertiary/aromatic N) is 2. The molecule has 0 radical (unpaired) electrons. The molecular formula is C25H14N2. The van der Waals surface area contributed by atoms with Gasteiger partial charge in [0, 0.05) is 16.2 Å². The second kappa shape index (κ2) is 4.54. The lowest BCUT2D eigenvalue weighted by Crippen LogP contribution is -1.94. The number of hydrogen-bond acceptors (Lipinski definition) is 1. The molecule has 0 fully saturated rings. The molecule has 0 unspecified atom stereocenters. The molecule has 7 rings (SSSR count). The molecule has 27 heavy (non-hydrogen) atoms. The summed E-state index contributed by atoms with van der Waals surface area (Å²) in [4.78, 5) is 4.71. The van der Waals surface area contributed by atoms with Gasteiger partial charge in [-0.1, -0.05) is 54.6 Å². The average molecular weight is 342 g/mol. The van der Waals surface area contributed by atoms with E-state index < -0.39 is 0 Å². The van der Waals surface area contributed by atoms with Crippen molar-refractivity contribution in [3.8, 4) is 0 Å². The van der Waals surface area contributed by atoms with Crippen molar-refractivity contribution < 1.29 is 0 Å². The topological polar surface area (TPSA) is 17.3 Å². The van der Waals surface area contributed by atoms with Gasteiger partial charge >= 0.3 is 0 Å². The quantitative estimate of drug-likeness (QED) is 0.226. The van der Waals surface area contributed by atoms with E-state index >= 15 is 0 Å². The highest BCUT2D eigenvalue weighted by atomic mass is 15.0. The number of aromatic nitrogens is 2. The average Bonchev–Trinajstić information content (AvgIpc) is 3.15. The normalized spacial score (nSPS) is 12.4. The van der Waals surface area contributed by atoms with Crippen LogP contribution in [0.5, 0.6) is 0 Å². The van der Waals surface area contributed by atoms with Crippen molar-refractivity contribution in [3.63, 3.8) is 0 Å². The van der Waals surface area contributed by atoms with Crippen molar-refractivity contribution in [1.82, 2.24) is 9.38 Å². The number of pyridine rings is 2. The van der Waals surface area contributed by atoms with E-state index in [0.717, 1.165) is 5.65 Å². The molecule has 0 spiro atoms. The Hall–Kier alpha value is -3.65. The maximum atomic E-state index is 4.71. The van der Waals surface area contributed by atoms with Gasteiger partial charge in [-0.15, -0.1) is 0 Å². The third-order valence-corrected chi connectivity index (χ3v) is 5.91. The van der Waals surface area contributed by atoms with Gasteiger partial charge in [-0.05, 0) is 51.2 Å². The minimum Gasteiger partial charge on any atom is -0.292 e. The number of rotatable bonds is 0. The highest BCUT2D eigenvalue weighted by Gasteiger charge is 2.17. The lowest BCUT2D eigenvalue weighted by molar-refractivity contribution is 1.30. The zero-order valence-electron chi connectivity index (χ0n) is 14.5. The number of fused-ring (bicyclic) bond motifs is 6. The fraction of sp³-hybridized carbons (Fsp3) is 0. The number of imidazole rings is 1. The molecule has 2 heteroatoms. The lowest BCUT2D eigenvalue weighted by Gasteiger charge is -2.16. The standard InChI is InChI=1S/C25H14N2/c1-3-8-18-15(6-1)12-17-13-16-7-2-4-9-19(16)25-21-14-26-22-11-5-10-20(27(21)22)24(18)23(17)25/h1-14H. The molecule has 2 nitrogen and oxygen atoms in total. The van der Waals surface area contributed by atoms with Crippen molar-refractivity contribution in [1.29, 1.82) is 0 Å². The highest BCUT2D eigenvalue weighted by molar-refractivity contribution is 6.34. The van der Waals surface area contributed by atoms with E-state index in [-0.39, 0.29) is 0 Å². The molecule has 0 saturated carbocycles. The van der Waals surface area contributed by atoms with Crippen LogP contribution in [0.1, 0.15) is 0 Å². The molecule has 0 N–H and O–H groups in total. The second-order valence-corrected chi connectivity index (χ2v) is 7.29. The summed E-state index contributed by atoms with van der Waals surface area (Å²) in [5.74, 6) is 0. The first-order valence-electron chi connectivity index (χ1n) is 9.24. The largest absolute Gasteiger partial charge is 0.292 e. The Morgan fingerprint density at radius 2 is 1.22 bits per heavy atom. The number of hydrogen-bond donors (Lipinski definition) is 0. The molecule has 124 valence electrons. The Bertz CT molecular complexity index is 1670. The first-order valence-corrected chi connectivity index (χ1v) is 9.24. The van der Waals surface area contributed by atoms with Crippen LogP contribution in [0.2, 0.25) is 0 Å².